The van der Waals surface area contributed by atoms with Crippen LogP contribution in [0.1, 0.15) is 29.6 Å². The molecule has 2 fully saturated rings. The van der Waals surface area contributed by atoms with E-state index in [1.54, 1.807) is 41.8 Å². The molecule has 2 aliphatic rings. The Labute approximate surface area is 190 Å². The molecule has 5 heterocycles. The van der Waals surface area contributed by atoms with Gasteiger partial charge >= 0.3 is 0 Å². The minimum atomic E-state index is -0.846. The van der Waals surface area contributed by atoms with Crippen molar-refractivity contribution in [3.63, 3.8) is 0 Å². The van der Waals surface area contributed by atoms with Crippen molar-refractivity contribution in [1.82, 2.24) is 14.3 Å². The molecule has 0 bridgehead atoms. The number of pyridine rings is 1. The number of aromatic nitrogens is 2. The third-order valence-corrected chi connectivity index (χ3v) is 6.39. The number of ketones is 1. The number of rotatable bonds is 6. The molecular weight excluding hydrogens is 424 g/mol. The highest BCUT2D eigenvalue weighted by Gasteiger charge is 2.45. The Hall–Kier alpha value is -3.43. The summed E-state index contributed by atoms with van der Waals surface area (Å²) < 4.78 is 12.7. The molecule has 172 valence electrons. The van der Waals surface area contributed by atoms with Crippen LogP contribution in [0.5, 0.6) is 0 Å². The zero-order chi connectivity index (χ0) is 22.9. The first-order valence-electron chi connectivity index (χ1n) is 11.2. The Morgan fingerprint density at radius 3 is 2.79 bits per heavy atom. The molecular formula is C24H26N4O5. The van der Waals surface area contributed by atoms with Gasteiger partial charge in [-0.05, 0) is 31.2 Å². The highest BCUT2D eigenvalue weighted by molar-refractivity contribution is 6.46. The van der Waals surface area contributed by atoms with Crippen molar-refractivity contribution in [2.45, 2.75) is 19.4 Å². The Balaban J connectivity index is 1.51. The lowest BCUT2D eigenvalue weighted by Crippen LogP contribution is -3.14. The predicted octanol–water partition coefficient (Wildman–Crippen LogP) is -0.235. The monoisotopic (exact) mass is 450 g/mol. The van der Waals surface area contributed by atoms with Crippen LogP contribution in [-0.4, -0.2) is 65.4 Å². The Morgan fingerprint density at radius 2 is 2.03 bits per heavy atom. The lowest BCUT2D eigenvalue weighted by molar-refractivity contribution is -0.908. The zero-order valence-electron chi connectivity index (χ0n) is 18.5. The number of hydrogen-bond acceptors (Lipinski definition) is 6. The number of amides is 1. The summed E-state index contributed by atoms with van der Waals surface area (Å²) in [5, 5.41) is 13.7. The van der Waals surface area contributed by atoms with E-state index in [0.29, 0.717) is 30.1 Å². The molecule has 0 aromatic carbocycles. The summed E-state index contributed by atoms with van der Waals surface area (Å²) in [6.07, 6.45) is 3.93. The van der Waals surface area contributed by atoms with Gasteiger partial charge in [0, 0.05) is 24.7 Å². The molecule has 0 aliphatic carbocycles. The van der Waals surface area contributed by atoms with Gasteiger partial charge in [-0.1, -0.05) is 11.8 Å². The second kappa shape index (κ2) is 8.84. The van der Waals surface area contributed by atoms with Crippen LogP contribution in [0.25, 0.3) is 11.4 Å². The number of nitrogens with one attached hydrogen (secondary N) is 1. The Kier molecular flexibility index (Phi) is 5.74. The number of carbonyl (C=O) groups excluding carboxylic acids is 2. The van der Waals surface area contributed by atoms with Crippen molar-refractivity contribution in [3.8, 4) is 0 Å². The molecule has 1 N–H and O–H groups in total. The Bertz CT molecular complexity index is 1210. The second-order valence-electron chi connectivity index (χ2n) is 8.43. The van der Waals surface area contributed by atoms with E-state index in [0.717, 1.165) is 32.8 Å². The standard InChI is InChI=1S/C24H26N4O5/c1-16-20(27-9-3-2-7-18(27)25-16)22(29)19-21(17-6-4-13-33-17)28(24(31)23(19)30)10-5-8-26-11-14-32-15-12-26/h2-4,6-7,9,13,21,29H,5,8,10-12,14-15H2,1H3. The third-order valence-electron chi connectivity index (χ3n) is 6.39. The summed E-state index contributed by atoms with van der Waals surface area (Å²) >= 11 is 0. The summed E-state index contributed by atoms with van der Waals surface area (Å²) in [6, 6.07) is 7.96. The molecule has 3 aromatic rings. The fraction of sp³-hybridized carbons (Fsp3) is 0.375. The van der Waals surface area contributed by atoms with Crippen LogP contribution in [0, 0.1) is 6.92 Å². The van der Waals surface area contributed by atoms with Gasteiger partial charge in [0.15, 0.2) is 0 Å². The van der Waals surface area contributed by atoms with E-state index in [1.807, 2.05) is 6.07 Å². The highest BCUT2D eigenvalue weighted by Crippen LogP contribution is 2.39. The van der Waals surface area contributed by atoms with Gasteiger partial charge in [-0.2, -0.15) is 0 Å². The van der Waals surface area contributed by atoms with E-state index in [1.165, 1.54) is 16.1 Å². The number of ether oxygens (including phenoxy) is 1. The van der Waals surface area contributed by atoms with E-state index in [4.69, 9.17) is 9.15 Å². The number of carbonyl (C=O) groups is 2. The number of quaternary nitrogens is 1. The summed E-state index contributed by atoms with van der Waals surface area (Å²) in [4.78, 5) is 33.5. The number of morpholine rings is 1. The van der Waals surface area contributed by atoms with E-state index in [-0.39, 0.29) is 11.3 Å². The molecule has 2 saturated heterocycles. The maximum atomic E-state index is 13.7. The van der Waals surface area contributed by atoms with E-state index in [2.05, 4.69) is 4.98 Å². The van der Waals surface area contributed by atoms with E-state index >= 15 is 0 Å². The first kappa shape index (κ1) is 21.4. The van der Waals surface area contributed by atoms with Crippen LogP contribution in [-0.2, 0) is 14.3 Å². The average Bonchev–Trinajstić information content (AvgIpc) is 3.52. The first-order valence-corrected chi connectivity index (χ1v) is 11.2. The zero-order valence-corrected chi connectivity index (χ0v) is 18.5. The van der Waals surface area contributed by atoms with Gasteiger partial charge < -0.3 is 28.5 Å². The SMILES string of the molecule is Cc1nc2ccccn2c1C([O-])=C1C(=O)C(=O)N(CCC[NH+]2CCOCC2)C1c1ccco1. The van der Waals surface area contributed by atoms with Crippen LogP contribution in [0.2, 0.25) is 0 Å². The molecule has 2 aliphatic heterocycles. The fourth-order valence-corrected chi connectivity index (χ4v) is 4.77. The van der Waals surface area contributed by atoms with Crippen molar-refractivity contribution in [3.05, 3.63) is 65.5 Å². The average molecular weight is 450 g/mol. The second-order valence-corrected chi connectivity index (χ2v) is 8.43. The van der Waals surface area contributed by atoms with Gasteiger partial charge in [-0.25, -0.2) is 4.98 Å². The quantitative estimate of drug-likeness (QED) is 0.316. The van der Waals surface area contributed by atoms with Crippen LogP contribution in [0.3, 0.4) is 0 Å². The number of aryl methyl sites for hydroxylation is 1. The molecule has 1 unspecified atom stereocenters. The molecule has 33 heavy (non-hydrogen) atoms. The normalized spacial score (nSPS) is 21.4. The molecule has 1 atom stereocenters. The number of likely N-dealkylation sites (tertiary alicyclic amines) is 1. The smallest absolute Gasteiger partial charge is 0.295 e. The van der Waals surface area contributed by atoms with Crippen molar-refractivity contribution < 1.29 is 28.7 Å². The molecule has 3 aromatic heterocycles. The summed E-state index contributed by atoms with van der Waals surface area (Å²) in [5.41, 5.74) is 1.32. The van der Waals surface area contributed by atoms with E-state index in [9.17, 15) is 14.7 Å². The number of furan rings is 1. The maximum absolute atomic E-state index is 13.7. The molecule has 9 nitrogen and oxygen atoms in total. The largest absolute Gasteiger partial charge is 0.871 e. The van der Waals surface area contributed by atoms with Crippen molar-refractivity contribution in [2.75, 3.05) is 39.4 Å². The Morgan fingerprint density at radius 1 is 1.21 bits per heavy atom. The third kappa shape index (κ3) is 3.83. The first-order chi connectivity index (χ1) is 16.1. The number of nitrogens with zero attached hydrogens (tertiary/aromatic N) is 3. The maximum Gasteiger partial charge on any atom is 0.295 e. The minimum absolute atomic E-state index is 0.0811. The summed E-state index contributed by atoms with van der Waals surface area (Å²) in [7, 11) is 0. The molecule has 5 rings (SSSR count). The van der Waals surface area contributed by atoms with Crippen LogP contribution < -0.4 is 10.0 Å². The van der Waals surface area contributed by atoms with Crippen molar-refractivity contribution in [2.24, 2.45) is 0 Å². The number of hydrogen-bond donors (Lipinski definition) is 1. The summed E-state index contributed by atoms with van der Waals surface area (Å²) in [5.74, 6) is -1.52. The topological polar surface area (TPSA) is 105 Å². The fourth-order valence-electron chi connectivity index (χ4n) is 4.77. The molecule has 0 spiro atoms. The van der Waals surface area contributed by atoms with Gasteiger partial charge in [0.05, 0.1) is 37.4 Å². The predicted molar refractivity (Wildman–Crippen MR) is 116 cm³/mol. The van der Waals surface area contributed by atoms with Gasteiger partial charge in [0.1, 0.15) is 30.5 Å². The van der Waals surface area contributed by atoms with Gasteiger partial charge in [0.2, 0.25) is 5.78 Å². The lowest BCUT2D eigenvalue weighted by Gasteiger charge is -2.27. The van der Waals surface area contributed by atoms with Crippen LogP contribution in [0.15, 0.2) is 52.8 Å². The molecule has 0 radical (unpaired) electrons. The molecule has 9 heteroatoms. The lowest BCUT2D eigenvalue weighted by atomic mass is 10.0. The van der Waals surface area contributed by atoms with Crippen LogP contribution in [0.4, 0.5) is 0 Å². The van der Waals surface area contributed by atoms with Gasteiger partial charge in [-0.15, -0.1) is 0 Å². The van der Waals surface area contributed by atoms with Gasteiger partial charge in [0.25, 0.3) is 5.91 Å². The highest BCUT2D eigenvalue weighted by atomic mass is 16.5. The number of fused-ring (bicyclic) bond motifs is 1. The molecule has 0 saturated carbocycles. The summed E-state index contributed by atoms with van der Waals surface area (Å²) in [6.45, 7) is 6.28. The van der Waals surface area contributed by atoms with E-state index < -0.39 is 23.5 Å². The van der Waals surface area contributed by atoms with Crippen LogP contribution >= 0.6 is 0 Å². The van der Waals surface area contributed by atoms with Crippen molar-refractivity contribution in [1.29, 1.82) is 0 Å². The molecule has 1 amide bonds. The minimum Gasteiger partial charge on any atom is -0.871 e. The van der Waals surface area contributed by atoms with Gasteiger partial charge in [-0.3, -0.25) is 9.59 Å². The van der Waals surface area contributed by atoms with Crippen molar-refractivity contribution >= 4 is 23.1 Å². The number of Topliss-reactive ketones (excluding diaryl/α,β-unsaturated/α-hetero) is 1. The number of imidazole rings is 1.